The quantitative estimate of drug-likeness (QED) is 0.710. The van der Waals surface area contributed by atoms with Crippen LogP contribution in [0.2, 0.25) is 0 Å². The maximum atomic E-state index is 11.3. The second kappa shape index (κ2) is 4.23. The average Bonchev–Trinajstić information content (AvgIpc) is 2.34. The Kier molecular flexibility index (Phi) is 3.25. The Hall–Kier alpha value is -1.09. The zero-order chi connectivity index (χ0) is 9.84. The van der Waals surface area contributed by atoms with Crippen LogP contribution < -0.4 is 4.87 Å². The molecule has 0 saturated carbocycles. The number of thiazole rings is 1. The van der Waals surface area contributed by atoms with E-state index < -0.39 is 0 Å². The standard InChI is InChI=1S/C10H13NOS/c1-4-6-8-9(7-5-2)13-10(12)11(8)3/h4-7H,1-3H3/b6-4-,7-5-. The number of hydrogen-bond acceptors (Lipinski definition) is 2. The summed E-state index contributed by atoms with van der Waals surface area (Å²) in [4.78, 5) is 12.4. The maximum absolute atomic E-state index is 11.3. The fraction of sp³-hybridized carbons (Fsp3) is 0.300. The normalized spacial score (nSPS) is 11.9. The topological polar surface area (TPSA) is 22.0 Å². The van der Waals surface area contributed by atoms with E-state index in [2.05, 4.69) is 0 Å². The van der Waals surface area contributed by atoms with Crippen molar-refractivity contribution in [2.45, 2.75) is 13.8 Å². The fourth-order valence-corrected chi connectivity index (χ4v) is 2.04. The van der Waals surface area contributed by atoms with Gasteiger partial charge in [0.2, 0.25) is 0 Å². The molecule has 2 nitrogen and oxygen atoms in total. The summed E-state index contributed by atoms with van der Waals surface area (Å²) in [7, 11) is 1.79. The van der Waals surface area contributed by atoms with Gasteiger partial charge in [-0.2, -0.15) is 0 Å². The third-order valence-corrected chi connectivity index (χ3v) is 2.74. The van der Waals surface area contributed by atoms with Crippen LogP contribution in [0.4, 0.5) is 0 Å². The summed E-state index contributed by atoms with van der Waals surface area (Å²) in [6.07, 6.45) is 7.79. The van der Waals surface area contributed by atoms with E-state index >= 15 is 0 Å². The van der Waals surface area contributed by atoms with Crippen molar-refractivity contribution in [3.63, 3.8) is 0 Å². The number of rotatable bonds is 2. The molecule has 0 saturated heterocycles. The third kappa shape index (κ3) is 1.98. The van der Waals surface area contributed by atoms with E-state index in [4.69, 9.17) is 0 Å². The monoisotopic (exact) mass is 195 g/mol. The van der Waals surface area contributed by atoms with Gasteiger partial charge in [-0.25, -0.2) is 0 Å². The van der Waals surface area contributed by atoms with Crippen LogP contribution in [-0.2, 0) is 7.05 Å². The van der Waals surface area contributed by atoms with Gasteiger partial charge < -0.3 is 4.57 Å². The summed E-state index contributed by atoms with van der Waals surface area (Å²) in [5, 5.41) is 0. The minimum atomic E-state index is 0.0844. The first-order valence-electron chi connectivity index (χ1n) is 4.16. The highest BCUT2D eigenvalue weighted by molar-refractivity contribution is 7.10. The van der Waals surface area contributed by atoms with Gasteiger partial charge in [0.25, 0.3) is 0 Å². The molecule has 3 heteroatoms. The Morgan fingerprint density at radius 3 is 2.38 bits per heavy atom. The molecule has 0 atom stereocenters. The lowest BCUT2D eigenvalue weighted by molar-refractivity contribution is 0.883. The minimum Gasteiger partial charge on any atom is -0.302 e. The smallest absolute Gasteiger partial charge is 0.302 e. The summed E-state index contributed by atoms with van der Waals surface area (Å²) in [6.45, 7) is 3.89. The van der Waals surface area contributed by atoms with Crippen LogP contribution in [0.5, 0.6) is 0 Å². The van der Waals surface area contributed by atoms with Crippen molar-refractivity contribution >= 4 is 23.5 Å². The van der Waals surface area contributed by atoms with Gasteiger partial charge in [-0.3, -0.25) is 4.79 Å². The van der Waals surface area contributed by atoms with Gasteiger partial charge in [0, 0.05) is 7.05 Å². The molecule has 0 spiro atoms. The predicted octanol–water partition coefficient (Wildman–Crippen LogP) is 2.51. The molecule has 0 aliphatic carbocycles. The van der Waals surface area contributed by atoms with E-state index in [9.17, 15) is 4.79 Å². The van der Waals surface area contributed by atoms with Gasteiger partial charge >= 0.3 is 4.87 Å². The zero-order valence-electron chi connectivity index (χ0n) is 8.07. The number of allylic oxidation sites excluding steroid dienone is 2. The molecule has 1 heterocycles. The van der Waals surface area contributed by atoms with Crippen LogP contribution in [0, 0.1) is 0 Å². The molecular formula is C10H13NOS. The lowest BCUT2D eigenvalue weighted by Gasteiger charge is -1.95. The van der Waals surface area contributed by atoms with Crippen molar-refractivity contribution in [1.29, 1.82) is 0 Å². The van der Waals surface area contributed by atoms with Crippen molar-refractivity contribution in [3.05, 3.63) is 32.4 Å². The van der Waals surface area contributed by atoms with E-state index in [0.29, 0.717) is 0 Å². The van der Waals surface area contributed by atoms with Crippen LogP contribution in [0.25, 0.3) is 12.2 Å². The largest absolute Gasteiger partial charge is 0.307 e. The lowest BCUT2D eigenvalue weighted by atomic mass is 10.3. The van der Waals surface area contributed by atoms with Gasteiger partial charge in [-0.1, -0.05) is 23.5 Å². The Morgan fingerprint density at radius 2 is 1.85 bits per heavy atom. The van der Waals surface area contributed by atoms with Gasteiger partial charge in [0.05, 0.1) is 10.6 Å². The zero-order valence-corrected chi connectivity index (χ0v) is 8.89. The van der Waals surface area contributed by atoms with Gasteiger partial charge in [0.1, 0.15) is 0 Å². The van der Waals surface area contributed by atoms with E-state index in [1.807, 2.05) is 38.2 Å². The first-order valence-corrected chi connectivity index (χ1v) is 4.97. The summed E-state index contributed by atoms with van der Waals surface area (Å²) >= 11 is 1.27. The average molecular weight is 195 g/mol. The van der Waals surface area contributed by atoms with Gasteiger partial charge in [-0.05, 0) is 26.0 Å². The number of nitrogens with zero attached hydrogens (tertiary/aromatic N) is 1. The first kappa shape index (κ1) is 9.99. The molecule has 1 aromatic heterocycles. The Bertz CT molecular complexity index is 396. The third-order valence-electron chi connectivity index (χ3n) is 1.73. The highest BCUT2D eigenvalue weighted by Gasteiger charge is 2.05. The number of hydrogen-bond donors (Lipinski definition) is 0. The Morgan fingerprint density at radius 1 is 1.23 bits per heavy atom. The molecule has 70 valence electrons. The van der Waals surface area contributed by atoms with Crippen molar-refractivity contribution in [2.75, 3.05) is 0 Å². The summed E-state index contributed by atoms with van der Waals surface area (Å²) < 4.78 is 1.67. The summed E-state index contributed by atoms with van der Waals surface area (Å²) in [5.74, 6) is 0. The Labute approximate surface area is 81.8 Å². The molecule has 0 radical (unpaired) electrons. The Balaban J connectivity index is 3.34. The molecule has 0 aliphatic rings. The molecule has 0 unspecified atom stereocenters. The van der Waals surface area contributed by atoms with E-state index in [-0.39, 0.29) is 4.87 Å². The molecule has 1 aromatic rings. The van der Waals surface area contributed by atoms with Crippen LogP contribution in [-0.4, -0.2) is 4.57 Å². The van der Waals surface area contributed by atoms with E-state index in [1.54, 1.807) is 11.6 Å². The van der Waals surface area contributed by atoms with Crippen molar-refractivity contribution in [1.82, 2.24) is 4.57 Å². The van der Waals surface area contributed by atoms with Crippen LogP contribution in [0.3, 0.4) is 0 Å². The molecular weight excluding hydrogens is 182 g/mol. The molecule has 0 bridgehead atoms. The maximum Gasteiger partial charge on any atom is 0.307 e. The highest BCUT2D eigenvalue weighted by Crippen LogP contribution is 2.15. The predicted molar refractivity (Wildman–Crippen MR) is 59.0 cm³/mol. The van der Waals surface area contributed by atoms with Gasteiger partial charge in [0.15, 0.2) is 0 Å². The van der Waals surface area contributed by atoms with Crippen molar-refractivity contribution in [3.8, 4) is 0 Å². The lowest BCUT2D eigenvalue weighted by Crippen LogP contribution is -2.08. The van der Waals surface area contributed by atoms with Crippen LogP contribution in [0.1, 0.15) is 24.4 Å². The second-order valence-corrected chi connectivity index (χ2v) is 3.67. The van der Waals surface area contributed by atoms with Gasteiger partial charge in [-0.15, -0.1) is 0 Å². The minimum absolute atomic E-state index is 0.0844. The summed E-state index contributed by atoms with van der Waals surface area (Å²) in [6, 6.07) is 0. The molecule has 13 heavy (non-hydrogen) atoms. The highest BCUT2D eigenvalue weighted by atomic mass is 32.1. The molecule has 0 amide bonds. The molecule has 0 aliphatic heterocycles. The fourth-order valence-electron chi connectivity index (χ4n) is 1.10. The van der Waals surface area contributed by atoms with Crippen molar-refractivity contribution < 1.29 is 0 Å². The van der Waals surface area contributed by atoms with Crippen molar-refractivity contribution in [2.24, 2.45) is 7.05 Å². The number of aromatic nitrogens is 1. The molecule has 0 N–H and O–H groups in total. The van der Waals surface area contributed by atoms with E-state index in [0.717, 1.165) is 10.6 Å². The SMILES string of the molecule is C/C=C\c1sc(=O)n(C)c1/C=C\C. The van der Waals surface area contributed by atoms with Crippen LogP contribution in [0.15, 0.2) is 16.9 Å². The molecule has 1 rings (SSSR count). The molecule has 0 fully saturated rings. The second-order valence-electron chi connectivity index (χ2n) is 2.68. The van der Waals surface area contributed by atoms with E-state index in [1.165, 1.54) is 11.3 Å². The molecule has 0 aromatic carbocycles. The van der Waals surface area contributed by atoms with Crippen LogP contribution >= 0.6 is 11.3 Å². The summed E-state index contributed by atoms with van der Waals surface area (Å²) in [5.41, 5.74) is 0.982. The first-order chi connectivity index (χ1) is 6.20.